The van der Waals surface area contributed by atoms with Crippen molar-refractivity contribution in [1.29, 1.82) is 0 Å². The lowest BCUT2D eigenvalue weighted by Gasteiger charge is -2.14. The van der Waals surface area contributed by atoms with Crippen LogP contribution in [-0.4, -0.2) is 28.2 Å². The molecule has 28 heavy (non-hydrogen) atoms. The molecule has 0 aliphatic heterocycles. The van der Waals surface area contributed by atoms with Crippen LogP contribution in [0.4, 0.5) is 0 Å². The fourth-order valence-electron chi connectivity index (χ4n) is 2.69. The summed E-state index contributed by atoms with van der Waals surface area (Å²) in [4.78, 5) is 8.12. The van der Waals surface area contributed by atoms with E-state index in [1.54, 1.807) is 25.7 Å². The van der Waals surface area contributed by atoms with Crippen molar-refractivity contribution >= 4 is 24.0 Å². The zero-order chi connectivity index (χ0) is 18.9. The van der Waals surface area contributed by atoms with Crippen LogP contribution >= 0.6 is 24.0 Å². The molecule has 8 heteroatoms. The van der Waals surface area contributed by atoms with Crippen molar-refractivity contribution in [2.45, 2.75) is 26.1 Å². The van der Waals surface area contributed by atoms with Gasteiger partial charge in [0.15, 0.2) is 11.5 Å². The standard InChI is InChI=1S/C20H23ClN4O2.ClH/c1-26-19-11-17(13-23-6-3-8-25-9-7-24-15-25)10-18(21)20(19)27-14-16-4-2-5-22-12-16;/h2,4-5,7,9-12,15,23H,3,6,8,13-14H2,1H3;1H. The molecule has 0 atom stereocenters. The molecule has 0 fully saturated rings. The lowest BCUT2D eigenvalue weighted by Crippen LogP contribution is -2.16. The average Bonchev–Trinajstić information content (AvgIpc) is 3.21. The Labute approximate surface area is 176 Å². The Morgan fingerprint density at radius 2 is 2.07 bits per heavy atom. The summed E-state index contributed by atoms with van der Waals surface area (Å²) in [6, 6.07) is 7.69. The highest BCUT2D eigenvalue weighted by atomic mass is 35.5. The van der Waals surface area contributed by atoms with Gasteiger partial charge in [-0.15, -0.1) is 12.4 Å². The van der Waals surface area contributed by atoms with E-state index in [4.69, 9.17) is 21.1 Å². The van der Waals surface area contributed by atoms with Gasteiger partial charge in [0.25, 0.3) is 0 Å². The minimum Gasteiger partial charge on any atom is -0.493 e. The Morgan fingerprint density at radius 3 is 2.79 bits per heavy atom. The van der Waals surface area contributed by atoms with Crippen molar-refractivity contribution in [2.75, 3.05) is 13.7 Å². The van der Waals surface area contributed by atoms with E-state index in [-0.39, 0.29) is 12.4 Å². The molecule has 1 aromatic carbocycles. The fourth-order valence-corrected chi connectivity index (χ4v) is 2.98. The second-order valence-electron chi connectivity index (χ2n) is 6.09. The summed E-state index contributed by atoms with van der Waals surface area (Å²) in [6.07, 6.45) is 10.1. The first-order valence-corrected chi connectivity index (χ1v) is 9.18. The summed E-state index contributed by atoms with van der Waals surface area (Å²) in [5, 5.41) is 3.96. The van der Waals surface area contributed by atoms with E-state index >= 15 is 0 Å². The zero-order valence-corrected chi connectivity index (χ0v) is 17.2. The van der Waals surface area contributed by atoms with E-state index in [0.717, 1.165) is 30.6 Å². The van der Waals surface area contributed by atoms with E-state index in [1.165, 1.54) is 0 Å². The second-order valence-corrected chi connectivity index (χ2v) is 6.50. The van der Waals surface area contributed by atoms with Crippen LogP contribution in [0.3, 0.4) is 0 Å². The average molecular weight is 423 g/mol. The van der Waals surface area contributed by atoms with Crippen LogP contribution in [0, 0.1) is 0 Å². The smallest absolute Gasteiger partial charge is 0.180 e. The van der Waals surface area contributed by atoms with Gasteiger partial charge in [-0.3, -0.25) is 4.98 Å². The van der Waals surface area contributed by atoms with Crippen molar-refractivity contribution in [1.82, 2.24) is 19.9 Å². The number of aryl methyl sites for hydroxylation is 1. The first-order chi connectivity index (χ1) is 13.3. The summed E-state index contributed by atoms with van der Waals surface area (Å²) in [5.41, 5.74) is 2.02. The second kappa shape index (κ2) is 11.5. The van der Waals surface area contributed by atoms with Crippen LogP contribution in [0.15, 0.2) is 55.4 Å². The number of nitrogens with zero attached hydrogens (tertiary/aromatic N) is 3. The number of hydrogen-bond donors (Lipinski definition) is 1. The third kappa shape index (κ3) is 6.41. The largest absolute Gasteiger partial charge is 0.493 e. The molecule has 3 aromatic rings. The quantitative estimate of drug-likeness (QED) is 0.497. The number of imidazole rings is 1. The van der Waals surface area contributed by atoms with Gasteiger partial charge in [0.1, 0.15) is 6.61 Å². The number of nitrogens with one attached hydrogen (secondary N) is 1. The fraction of sp³-hybridized carbons (Fsp3) is 0.300. The number of rotatable bonds is 10. The number of halogens is 2. The number of pyridine rings is 1. The molecular formula is C20H24Cl2N4O2. The highest BCUT2D eigenvalue weighted by Crippen LogP contribution is 2.36. The molecule has 0 aliphatic carbocycles. The molecule has 0 spiro atoms. The van der Waals surface area contributed by atoms with Gasteiger partial charge in [0.2, 0.25) is 0 Å². The van der Waals surface area contributed by atoms with Crippen LogP contribution in [-0.2, 0) is 19.7 Å². The third-order valence-corrected chi connectivity index (χ3v) is 4.33. The first kappa shape index (κ1) is 22.0. The molecule has 0 saturated carbocycles. The number of ether oxygens (including phenoxy) is 2. The lowest BCUT2D eigenvalue weighted by atomic mass is 10.2. The van der Waals surface area contributed by atoms with E-state index in [2.05, 4.69) is 19.9 Å². The molecule has 2 heterocycles. The molecule has 0 amide bonds. The molecular weight excluding hydrogens is 399 g/mol. The Bertz CT molecular complexity index is 830. The Kier molecular flexibility index (Phi) is 9.07. The van der Waals surface area contributed by atoms with Gasteiger partial charge in [-0.25, -0.2) is 4.98 Å². The van der Waals surface area contributed by atoms with Crippen LogP contribution in [0.2, 0.25) is 5.02 Å². The number of benzene rings is 1. The SMILES string of the molecule is COc1cc(CNCCCn2ccnc2)cc(Cl)c1OCc1cccnc1.Cl. The number of methoxy groups -OCH3 is 1. The van der Waals surface area contributed by atoms with Crippen molar-refractivity contribution in [3.8, 4) is 11.5 Å². The third-order valence-electron chi connectivity index (χ3n) is 4.05. The molecule has 0 aliphatic rings. The molecule has 2 aromatic heterocycles. The molecule has 1 N–H and O–H groups in total. The van der Waals surface area contributed by atoms with Crippen molar-refractivity contribution in [3.05, 3.63) is 71.5 Å². The summed E-state index contributed by atoms with van der Waals surface area (Å²) in [6.45, 7) is 2.94. The molecule has 0 unspecified atom stereocenters. The molecule has 150 valence electrons. The predicted molar refractivity (Wildman–Crippen MR) is 112 cm³/mol. The predicted octanol–water partition coefficient (Wildman–Crippen LogP) is 4.12. The molecule has 0 radical (unpaired) electrons. The summed E-state index contributed by atoms with van der Waals surface area (Å²) in [7, 11) is 1.62. The number of hydrogen-bond acceptors (Lipinski definition) is 5. The van der Waals surface area contributed by atoms with Gasteiger partial charge in [0, 0.05) is 43.4 Å². The van der Waals surface area contributed by atoms with Gasteiger partial charge in [0.05, 0.1) is 18.5 Å². The maximum Gasteiger partial charge on any atom is 0.180 e. The molecule has 6 nitrogen and oxygen atoms in total. The summed E-state index contributed by atoms with van der Waals surface area (Å²) < 4.78 is 13.4. The normalized spacial score (nSPS) is 10.4. The maximum atomic E-state index is 6.43. The molecule has 0 saturated heterocycles. The Hall–Kier alpha value is -2.28. The molecule has 0 bridgehead atoms. The van der Waals surface area contributed by atoms with Gasteiger partial charge in [-0.2, -0.15) is 0 Å². The van der Waals surface area contributed by atoms with Crippen molar-refractivity contribution in [3.63, 3.8) is 0 Å². The van der Waals surface area contributed by atoms with Gasteiger partial charge in [-0.1, -0.05) is 17.7 Å². The monoisotopic (exact) mass is 422 g/mol. The van der Waals surface area contributed by atoms with Crippen molar-refractivity contribution in [2.24, 2.45) is 0 Å². The molecule has 3 rings (SSSR count). The van der Waals surface area contributed by atoms with E-state index < -0.39 is 0 Å². The van der Waals surface area contributed by atoms with Crippen LogP contribution in [0.5, 0.6) is 11.5 Å². The van der Waals surface area contributed by atoms with Gasteiger partial charge < -0.3 is 19.4 Å². The van der Waals surface area contributed by atoms with E-state index in [9.17, 15) is 0 Å². The highest BCUT2D eigenvalue weighted by Gasteiger charge is 2.12. The highest BCUT2D eigenvalue weighted by molar-refractivity contribution is 6.32. The summed E-state index contributed by atoms with van der Waals surface area (Å²) in [5.74, 6) is 1.17. The minimum absolute atomic E-state index is 0. The van der Waals surface area contributed by atoms with E-state index in [1.807, 2.05) is 36.8 Å². The summed E-state index contributed by atoms with van der Waals surface area (Å²) >= 11 is 6.43. The topological polar surface area (TPSA) is 61.2 Å². The van der Waals surface area contributed by atoms with E-state index in [0.29, 0.717) is 29.7 Å². The minimum atomic E-state index is 0. The lowest BCUT2D eigenvalue weighted by molar-refractivity contribution is 0.284. The van der Waals surface area contributed by atoms with Gasteiger partial charge in [-0.05, 0) is 36.7 Å². The van der Waals surface area contributed by atoms with Crippen molar-refractivity contribution < 1.29 is 9.47 Å². The Balaban J connectivity index is 0.00000280. The van der Waals surface area contributed by atoms with Crippen LogP contribution < -0.4 is 14.8 Å². The maximum absolute atomic E-state index is 6.43. The Morgan fingerprint density at radius 1 is 1.18 bits per heavy atom. The number of aromatic nitrogens is 3. The van der Waals surface area contributed by atoms with Crippen LogP contribution in [0.25, 0.3) is 0 Å². The first-order valence-electron chi connectivity index (χ1n) is 8.81. The zero-order valence-electron chi connectivity index (χ0n) is 15.7. The van der Waals surface area contributed by atoms with Crippen LogP contribution in [0.1, 0.15) is 17.5 Å². The van der Waals surface area contributed by atoms with Gasteiger partial charge >= 0.3 is 0 Å².